The van der Waals surface area contributed by atoms with Gasteiger partial charge in [-0.05, 0) is 142 Å². The zero-order valence-corrected chi connectivity index (χ0v) is 38.4. The molecule has 1 aliphatic rings. The van der Waals surface area contributed by atoms with Gasteiger partial charge in [0.1, 0.15) is 0 Å². The minimum atomic E-state index is -0.0981. The normalized spacial score (nSPS) is 12.6. The van der Waals surface area contributed by atoms with Gasteiger partial charge in [0.15, 0.2) is 17.5 Å². The minimum Gasteiger partial charge on any atom is -0.208 e. The van der Waals surface area contributed by atoms with Gasteiger partial charge in [-0.1, -0.05) is 208 Å². The molecule has 69 heavy (non-hydrogen) atoms. The molecule has 0 bridgehead atoms. The van der Waals surface area contributed by atoms with E-state index in [9.17, 15) is 0 Å². The SMILES string of the molecule is CC1(C)c2ccccc2-c2c1ccc1c3ccc(-c4nc(-c5cc(-c6ccccc6)cc(-c6ccccc6)c5)nc(-c5cc(-c6ccccc6)cc(-c6ccccc6)c5)n4)cc3c3ccccc3c21. The smallest absolute Gasteiger partial charge is 0.164 e. The number of fused-ring (bicyclic) bond motifs is 10. The number of benzene rings is 11. The topological polar surface area (TPSA) is 38.7 Å². The maximum absolute atomic E-state index is 5.45. The lowest BCUT2D eigenvalue weighted by Gasteiger charge is -2.22. The molecule has 1 heterocycles. The first kappa shape index (κ1) is 40.5. The summed E-state index contributed by atoms with van der Waals surface area (Å²) < 4.78 is 0. The van der Waals surface area contributed by atoms with Crippen LogP contribution in [0.15, 0.2) is 237 Å². The highest BCUT2D eigenvalue weighted by Gasteiger charge is 2.36. The highest BCUT2D eigenvalue weighted by atomic mass is 15.0. The van der Waals surface area contributed by atoms with Crippen LogP contribution in [-0.4, -0.2) is 15.0 Å². The minimum absolute atomic E-state index is 0.0981. The molecule has 0 unspecified atom stereocenters. The van der Waals surface area contributed by atoms with E-state index in [1.807, 2.05) is 0 Å². The van der Waals surface area contributed by atoms with Gasteiger partial charge < -0.3 is 0 Å². The predicted molar refractivity (Wildman–Crippen MR) is 288 cm³/mol. The maximum atomic E-state index is 5.45. The average molecular weight is 880 g/mol. The fraction of sp³-hybridized carbons (Fsp3) is 0.0455. The van der Waals surface area contributed by atoms with E-state index in [0.29, 0.717) is 17.5 Å². The van der Waals surface area contributed by atoms with Gasteiger partial charge in [0, 0.05) is 22.1 Å². The third-order valence-electron chi connectivity index (χ3n) is 14.2. The first-order chi connectivity index (χ1) is 33.9. The van der Waals surface area contributed by atoms with E-state index in [1.54, 1.807) is 0 Å². The number of hydrogen-bond acceptors (Lipinski definition) is 3. The Morgan fingerprint density at radius 1 is 0.261 bits per heavy atom. The van der Waals surface area contributed by atoms with Crippen LogP contribution < -0.4 is 0 Å². The molecule has 324 valence electrons. The second-order valence-corrected chi connectivity index (χ2v) is 18.8. The summed E-state index contributed by atoms with van der Waals surface area (Å²) in [6, 6.07) is 85.0. The van der Waals surface area contributed by atoms with Crippen molar-refractivity contribution in [2.75, 3.05) is 0 Å². The van der Waals surface area contributed by atoms with Crippen LogP contribution in [0.25, 0.3) is 122 Å². The van der Waals surface area contributed by atoms with Crippen LogP contribution in [-0.2, 0) is 5.41 Å². The fourth-order valence-corrected chi connectivity index (χ4v) is 10.8. The summed E-state index contributed by atoms with van der Waals surface area (Å²) in [5.41, 5.74) is 17.0. The molecule has 1 aromatic heterocycles. The largest absolute Gasteiger partial charge is 0.208 e. The Bertz CT molecular complexity index is 3670. The van der Waals surface area contributed by atoms with Gasteiger partial charge in [-0.2, -0.15) is 0 Å². The standard InChI is InChI=1S/C66H45N3/c1-66(2)59-30-18-17-29-57(59)62-60(66)34-33-56-54-32-31-46(41-58(54)53-27-15-16-28-55(53)61(56)62)63-67-64(51-37-47(42-19-7-3-8-20-42)35-48(38-51)43-21-9-4-10-22-43)69-65(68-63)52-39-49(44-23-11-5-12-24-44)36-50(40-52)45-25-13-6-14-26-45/h3-41H,1-2H3. The number of rotatable bonds is 7. The van der Waals surface area contributed by atoms with E-state index in [-0.39, 0.29) is 5.41 Å². The van der Waals surface area contributed by atoms with Gasteiger partial charge in [0.05, 0.1) is 0 Å². The van der Waals surface area contributed by atoms with E-state index < -0.39 is 0 Å². The van der Waals surface area contributed by atoms with Crippen molar-refractivity contribution < 1.29 is 0 Å². The molecule has 0 aliphatic heterocycles. The van der Waals surface area contributed by atoms with Crippen molar-refractivity contribution in [3.8, 4) is 89.8 Å². The van der Waals surface area contributed by atoms with Crippen molar-refractivity contribution in [3.63, 3.8) is 0 Å². The molecule has 11 aromatic carbocycles. The van der Waals surface area contributed by atoms with Crippen LogP contribution in [0.5, 0.6) is 0 Å². The molecule has 0 fully saturated rings. The Balaban J connectivity index is 1.07. The average Bonchev–Trinajstić information content (AvgIpc) is 3.66. The van der Waals surface area contributed by atoms with Crippen molar-refractivity contribution in [2.24, 2.45) is 0 Å². The van der Waals surface area contributed by atoms with Crippen molar-refractivity contribution in [3.05, 3.63) is 248 Å². The zero-order chi connectivity index (χ0) is 46.1. The van der Waals surface area contributed by atoms with Gasteiger partial charge in [0.25, 0.3) is 0 Å². The molecule has 0 saturated carbocycles. The Hall–Kier alpha value is -8.79. The highest BCUT2D eigenvalue weighted by Crippen LogP contribution is 2.53. The molecule has 13 rings (SSSR count). The molecule has 0 radical (unpaired) electrons. The van der Waals surface area contributed by atoms with E-state index >= 15 is 0 Å². The molecule has 12 aromatic rings. The van der Waals surface area contributed by atoms with Crippen molar-refractivity contribution >= 4 is 32.3 Å². The van der Waals surface area contributed by atoms with Gasteiger partial charge >= 0.3 is 0 Å². The Labute approximate surface area is 402 Å². The van der Waals surface area contributed by atoms with Crippen molar-refractivity contribution in [2.45, 2.75) is 19.3 Å². The molecule has 0 spiro atoms. The monoisotopic (exact) mass is 879 g/mol. The second-order valence-electron chi connectivity index (χ2n) is 18.8. The molecule has 0 atom stereocenters. The first-order valence-electron chi connectivity index (χ1n) is 23.8. The van der Waals surface area contributed by atoms with Crippen LogP contribution in [0.2, 0.25) is 0 Å². The van der Waals surface area contributed by atoms with Crippen LogP contribution in [0.1, 0.15) is 25.0 Å². The highest BCUT2D eigenvalue weighted by molar-refractivity contribution is 6.29. The molecule has 1 aliphatic carbocycles. The third-order valence-corrected chi connectivity index (χ3v) is 14.2. The zero-order valence-electron chi connectivity index (χ0n) is 38.4. The summed E-state index contributed by atoms with van der Waals surface area (Å²) in [5.74, 6) is 1.83. The quantitative estimate of drug-likeness (QED) is 0.150. The molecular formula is C66H45N3. The lowest BCUT2D eigenvalue weighted by atomic mass is 9.81. The van der Waals surface area contributed by atoms with Crippen molar-refractivity contribution in [1.29, 1.82) is 0 Å². The van der Waals surface area contributed by atoms with Crippen molar-refractivity contribution in [1.82, 2.24) is 15.0 Å². The fourth-order valence-electron chi connectivity index (χ4n) is 10.8. The number of aromatic nitrogens is 3. The summed E-state index contributed by atoms with van der Waals surface area (Å²) in [5, 5.41) is 7.38. The molecule has 0 N–H and O–H groups in total. The predicted octanol–water partition coefficient (Wildman–Crippen LogP) is 17.3. The van der Waals surface area contributed by atoms with E-state index in [0.717, 1.165) is 61.2 Å². The molecule has 3 nitrogen and oxygen atoms in total. The van der Waals surface area contributed by atoms with Crippen LogP contribution in [0, 0.1) is 0 Å². The van der Waals surface area contributed by atoms with E-state index in [2.05, 4.69) is 250 Å². The number of nitrogens with zero attached hydrogens (tertiary/aromatic N) is 3. The lowest BCUT2D eigenvalue weighted by molar-refractivity contribution is 0.661. The first-order valence-corrected chi connectivity index (χ1v) is 23.8. The summed E-state index contributed by atoms with van der Waals surface area (Å²) in [6.45, 7) is 4.72. The van der Waals surface area contributed by atoms with Crippen LogP contribution in [0.3, 0.4) is 0 Å². The summed E-state index contributed by atoms with van der Waals surface area (Å²) in [6.07, 6.45) is 0. The summed E-state index contributed by atoms with van der Waals surface area (Å²) >= 11 is 0. The van der Waals surface area contributed by atoms with E-state index in [1.165, 1.54) is 54.6 Å². The molecule has 0 saturated heterocycles. The second kappa shape index (κ2) is 16.2. The van der Waals surface area contributed by atoms with Gasteiger partial charge in [-0.25, -0.2) is 15.0 Å². The van der Waals surface area contributed by atoms with Gasteiger partial charge in [-0.15, -0.1) is 0 Å². The van der Waals surface area contributed by atoms with Crippen LogP contribution >= 0.6 is 0 Å². The third kappa shape index (κ3) is 6.93. The molecule has 0 amide bonds. The Morgan fingerprint density at radius 2 is 0.638 bits per heavy atom. The maximum Gasteiger partial charge on any atom is 0.164 e. The lowest BCUT2D eigenvalue weighted by Crippen LogP contribution is -2.14. The summed E-state index contributed by atoms with van der Waals surface area (Å²) in [7, 11) is 0. The Kier molecular flexibility index (Phi) is 9.52. The molecular weight excluding hydrogens is 835 g/mol. The van der Waals surface area contributed by atoms with E-state index in [4.69, 9.17) is 15.0 Å². The molecule has 3 heteroatoms. The van der Waals surface area contributed by atoms with Gasteiger partial charge in [-0.3, -0.25) is 0 Å². The van der Waals surface area contributed by atoms with Crippen LogP contribution in [0.4, 0.5) is 0 Å². The van der Waals surface area contributed by atoms with Gasteiger partial charge in [0.2, 0.25) is 0 Å². The number of hydrogen-bond donors (Lipinski definition) is 0. The Morgan fingerprint density at radius 3 is 1.14 bits per heavy atom. The summed E-state index contributed by atoms with van der Waals surface area (Å²) in [4.78, 5) is 16.3.